The quantitative estimate of drug-likeness (QED) is 0.756. The molecule has 0 saturated heterocycles. The molecule has 0 aromatic heterocycles. The maximum Gasteiger partial charge on any atom is 0.310 e. The standard InChI is InChI=1S/C14H19NO2/c1-14(2)8-10(13(16)17-3)12(15)9-6-4-5-7-11(9)14/h4-7,10,12H,8,15H2,1-3H3/t10-,12+/m1/s1. The van der Waals surface area contributed by atoms with Gasteiger partial charge in [0.2, 0.25) is 0 Å². The molecule has 17 heavy (non-hydrogen) atoms. The van der Waals surface area contributed by atoms with Gasteiger partial charge in [-0.1, -0.05) is 38.1 Å². The van der Waals surface area contributed by atoms with E-state index in [1.165, 1.54) is 12.7 Å². The van der Waals surface area contributed by atoms with E-state index in [2.05, 4.69) is 19.9 Å². The topological polar surface area (TPSA) is 52.3 Å². The summed E-state index contributed by atoms with van der Waals surface area (Å²) < 4.78 is 4.85. The van der Waals surface area contributed by atoms with Gasteiger partial charge >= 0.3 is 5.97 Å². The highest BCUT2D eigenvalue weighted by Gasteiger charge is 2.41. The van der Waals surface area contributed by atoms with Crippen LogP contribution >= 0.6 is 0 Å². The van der Waals surface area contributed by atoms with Crippen LogP contribution in [-0.2, 0) is 14.9 Å². The smallest absolute Gasteiger partial charge is 0.310 e. The Morgan fingerprint density at radius 1 is 1.41 bits per heavy atom. The lowest BCUT2D eigenvalue weighted by Gasteiger charge is -2.39. The van der Waals surface area contributed by atoms with Crippen molar-refractivity contribution in [1.82, 2.24) is 0 Å². The predicted molar refractivity (Wildman–Crippen MR) is 66.5 cm³/mol. The number of hydrogen-bond acceptors (Lipinski definition) is 3. The van der Waals surface area contributed by atoms with E-state index < -0.39 is 0 Å². The highest BCUT2D eigenvalue weighted by atomic mass is 16.5. The number of nitrogens with two attached hydrogens (primary N) is 1. The Bertz CT molecular complexity index is 440. The number of carbonyl (C=O) groups excluding carboxylic acids is 1. The van der Waals surface area contributed by atoms with E-state index in [0.29, 0.717) is 0 Å². The molecule has 2 rings (SSSR count). The molecule has 0 aliphatic heterocycles. The number of benzene rings is 1. The van der Waals surface area contributed by atoms with Crippen LogP contribution in [0.3, 0.4) is 0 Å². The van der Waals surface area contributed by atoms with E-state index >= 15 is 0 Å². The van der Waals surface area contributed by atoms with E-state index in [-0.39, 0.29) is 23.3 Å². The van der Waals surface area contributed by atoms with Crippen LogP contribution in [-0.4, -0.2) is 13.1 Å². The Hall–Kier alpha value is -1.35. The molecular formula is C14H19NO2. The largest absolute Gasteiger partial charge is 0.469 e. The minimum absolute atomic E-state index is 0.0364. The molecule has 0 heterocycles. The van der Waals surface area contributed by atoms with Gasteiger partial charge in [-0.3, -0.25) is 4.79 Å². The van der Waals surface area contributed by atoms with Gasteiger partial charge in [-0.15, -0.1) is 0 Å². The average Bonchev–Trinajstić information content (AvgIpc) is 2.33. The van der Waals surface area contributed by atoms with E-state index in [4.69, 9.17) is 10.5 Å². The van der Waals surface area contributed by atoms with Crippen LogP contribution in [0.25, 0.3) is 0 Å². The summed E-state index contributed by atoms with van der Waals surface area (Å²) in [4.78, 5) is 11.8. The van der Waals surface area contributed by atoms with Crippen LogP contribution in [0.2, 0.25) is 0 Å². The molecule has 1 aromatic carbocycles. The Labute approximate surface area is 102 Å². The van der Waals surface area contributed by atoms with Crippen LogP contribution < -0.4 is 5.73 Å². The molecule has 1 aliphatic carbocycles. The number of hydrogen-bond donors (Lipinski definition) is 1. The third-order valence-electron chi connectivity index (χ3n) is 3.72. The molecule has 0 unspecified atom stereocenters. The third kappa shape index (κ3) is 1.95. The van der Waals surface area contributed by atoms with Gasteiger partial charge < -0.3 is 10.5 Å². The fourth-order valence-electron chi connectivity index (χ4n) is 2.79. The Balaban J connectivity index is 2.47. The van der Waals surface area contributed by atoms with Crippen molar-refractivity contribution >= 4 is 5.97 Å². The summed E-state index contributed by atoms with van der Waals surface area (Å²) in [7, 11) is 1.42. The molecule has 0 spiro atoms. The molecule has 0 bridgehead atoms. The van der Waals surface area contributed by atoms with Crippen molar-refractivity contribution in [2.45, 2.75) is 31.7 Å². The van der Waals surface area contributed by atoms with Gasteiger partial charge in [0.05, 0.1) is 13.0 Å². The molecule has 0 fully saturated rings. The zero-order chi connectivity index (χ0) is 12.6. The second-order valence-electron chi connectivity index (χ2n) is 5.33. The Morgan fingerprint density at radius 3 is 2.71 bits per heavy atom. The molecular weight excluding hydrogens is 214 g/mol. The number of methoxy groups -OCH3 is 1. The number of ether oxygens (including phenoxy) is 1. The monoisotopic (exact) mass is 233 g/mol. The third-order valence-corrected chi connectivity index (χ3v) is 3.72. The first kappa shape index (κ1) is 12.1. The highest BCUT2D eigenvalue weighted by molar-refractivity contribution is 5.74. The maximum absolute atomic E-state index is 11.8. The van der Waals surface area contributed by atoms with Crippen molar-refractivity contribution in [2.75, 3.05) is 7.11 Å². The zero-order valence-corrected chi connectivity index (χ0v) is 10.6. The van der Waals surface area contributed by atoms with Gasteiger partial charge in [0.15, 0.2) is 0 Å². The number of rotatable bonds is 1. The second-order valence-corrected chi connectivity index (χ2v) is 5.33. The maximum atomic E-state index is 11.8. The molecule has 0 radical (unpaired) electrons. The summed E-state index contributed by atoms with van der Waals surface area (Å²) >= 11 is 0. The van der Waals surface area contributed by atoms with Crippen LogP contribution in [0.1, 0.15) is 37.4 Å². The summed E-state index contributed by atoms with van der Waals surface area (Å²) in [6, 6.07) is 7.84. The van der Waals surface area contributed by atoms with Gasteiger partial charge in [-0.05, 0) is 23.0 Å². The fourth-order valence-corrected chi connectivity index (χ4v) is 2.79. The van der Waals surface area contributed by atoms with Crippen molar-refractivity contribution < 1.29 is 9.53 Å². The van der Waals surface area contributed by atoms with Crippen molar-refractivity contribution in [3.8, 4) is 0 Å². The zero-order valence-electron chi connectivity index (χ0n) is 10.6. The summed E-state index contributed by atoms with van der Waals surface area (Å²) in [5.74, 6) is -0.454. The first-order valence-corrected chi connectivity index (χ1v) is 5.90. The van der Waals surface area contributed by atoms with E-state index in [1.807, 2.05) is 18.2 Å². The minimum atomic E-state index is -0.258. The molecule has 0 amide bonds. The molecule has 2 atom stereocenters. The fraction of sp³-hybridized carbons (Fsp3) is 0.500. The summed E-state index contributed by atoms with van der Waals surface area (Å²) in [5.41, 5.74) is 8.46. The Kier molecular flexibility index (Phi) is 2.96. The molecule has 3 heteroatoms. The number of fused-ring (bicyclic) bond motifs is 1. The van der Waals surface area contributed by atoms with Crippen LogP contribution in [0.5, 0.6) is 0 Å². The summed E-state index contributed by atoms with van der Waals surface area (Å²) in [5, 5.41) is 0. The SMILES string of the molecule is COC(=O)[C@@H]1CC(C)(C)c2ccccc2[C@@H]1N. The lowest BCUT2D eigenvalue weighted by molar-refractivity contribution is -0.147. The summed E-state index contributed by atoms with van der Waals surface area (Å²) in [6.45, 7) is 4.29. The first-order chi connectivity index (χ1) is 7.97. The molecule has 1 aromatic rings. The molecule has 1 aliphatic rings. The lowest BCUT2D eigenvalue weighted by Crippen LogP contribution is -2.40. The first-order valence-electron chi connectivity index (χ1n) is 5.90. The predicted octanol–water partition coefficient (Wildman–Crippen LogP) is 2.16. The Morgan fingerprint density at radius 2 is 2.06 bits per heavy atom. The molecule has 2 N–H and O–H groups in total. The molecule has 3 nitrogen and oxygen atoms in total. The van der Waals surface area contributed by atoms with E-state index in [9.17, 15) is 4.79 Å². The van der Waals surface area contributed by atoms with Gasteiger partial charge in [0, 0.05) is 6.04 Å². The number of esters is 1. The van der Waals surface area contributed by atoms with Crippen LogP contribution in [0.15, 0.2) is 24.3 Å². The minimum Gasteiger partial charge on any atom is -0.469 e. The van der Waals surface area contributed by atoms with E-state index in [1.54, 1.807) is 0 Å². The van der Waals surface area contributed by atoms with Crippen molar-refractivity contribution in [2.24, 2.45) is 11.7 Å². The van der Waals surface area contributed by atoms with Crippen molar-refractivity contribution in [3.63, 3.8) is 0 Å². The average molecular weight is 233 g/mol. The van der Waals surface area contributed by atoms with Gasteiger partial charge in [-0.25, -0.2) is 0 Å². The van der Waals surface area contributed by atoms with Crippen LogP contribution in [0.4, 0.5) is 0 Å². The van der Waals surface area contributed by atoms with Gasteiger partial charge in [0.25, 0.3) is 0 Å². The van der Waals surface area contributed by atoms with Crippen LogP contribution in [0, 0.1) is 5.92 Å². The normalized spacial score (nSPS) is 26.1. The van der Waals surface area contributed by atoms with E-state index in [0.717, 1.165) is 12.0 Å². The van der Waals surface area contributed by atoms with Crippen molar-refractivity contribution in [1.29, 1.82) is 0 Å². The number of carbonyl (C=O) groups is 1. The van der Waals surface area contributed by atoms with Gasteiger partial charge in [-0.2, -0.15) is 0 Å². The lowest BCUT2D eigenvalue weighted by atomic mass is 9.66. The molecule has 0 saturated carbocycles. The van der Waals surface area contributed by atoms with Gasteiger partial charge in [0.1, 0.15) is 0 Å². The highest BCUT2D eigenvalue weighted by Crippen LogP contribution is 2.43. The van der Waals surface area contributed by atoms with Crippen molar-refractivity contribution in [3.05, 3.63) is 35.4 Å². The molecule has 92 valence electrons. The summed E-state index contributed by atoms with van der Waals surface area (Å²) in [6.07, 6.45) is 0.734. The second kappa shape index (κ2) is 4.15.